The first-order valence-electron chi connectivity index (χ1n) is 6.27. The largest absolute Gasteiger partial charge is 0.337 e. The van der Waals surface area contributed by atoms with E-state index < -0.39 is 0 Å². The molecule has 3 nitrogen and oxygen atoms in total. The molecule has 1 rings (SSSR count). The van der Waals surface area contributed by atoms with E-state index in [4.69, 9.17) is 0 Å². The number of carbonyl (C=O) groups excluding carboxylic acids is 1. The molecule has 0 N–H and O–H groups in total. The average Bonchev–Trinajstić information content (AvgIpc) is 2.34. The predicted molar refractivity (Wildman–Crippen MR) is 78.4 cm³/mol. The van der Waals surface area contributed by atoms with Gasteiger partial charge in [0.1, 0.15) is 0 Å². The molecule has 1 aromatic carbocycles. The molecular formula is C14H22N2OS. The molecule has 100 valence electrons. The molecule has 0 heterocycles. The fraction of sp³-hybridized carbons (Fsp3) is 0.500. The molecule has 0 aromatic heterocycles. The standard InChI is InChI=1S/C14H22N2OS/c1-4-9-16(11-10-15(2)3)14(17)12-5-7-13(18)8-6-12/h5-8,18H,4,9-11H2,1-3H3. The fourth-order valence-electron chi connectivity index (χ4n) is 1.69. The maximum Gasteiger partial charge on any atom is 0.253 e. The number of benzene rings is 1. The van der Waals surface area contributed by atoms with Crippen LogP contribution in [0.2, 0.25) is 0 Å². The summed E-state index contributed by atoms with van der Waals surface area (Å²) < 4.78 is 0. The highest BCUT2D eigenvalue weighted by molar-refractivity contribution is 7.80. The summed E-state index contributed by atoms with van der Waals surface area (Å²) in [4.78, 5) is 17.2. The lowest BCUT2D eigenvalue weighted by atomic mass is 10.2. The Morgan fingerprint density at radius 2 is 1.72 bits per heavy atom. The highest BCUT2D eigenvalue weighted by Gasteiger charge is 2.14. The normalized spacial score (nSPS) is 10.7. The maximum atomic E-state index is 12.3. The van der Waals surface area contributed by atoms with Crippen molar-refractivity contribution in [2.24, 2.45) is 0 Å². The van der Waals surface area contributed by atoms with E-state index in [9.17, 15) is 4.79 Å². The van der Waals surface area contributed by atoms with E-state index in [2.05, 4.69) is 24.5 Å². The van der Waals surface area contributed by atoms with Gasteiger partial charge in [-0.2, -0.15) is 0 Å². The summed E-state index contributed by atoms with van der Waals surface area (Å²) in [6.07, 6.45) is 0.976. The van der Waals surface area contributed by atoms with Gasteiger partial charge in [-0.3, -0.25) is 4.79 Å². The van der Waals surface area contributed by atoms with Crippen LogP contribution in [0.1, 0.15) is 23.7 Å². The van der Waals surface area contributed by atoms with Gasteiger partial charge in [0, 0.05) is 30.1 Å². The lowest BCUT2D eigenvalue weighted by Crippen LogP contribution is -2.37. The number of hydrogen-bond acceptors (Lipinski definition) is 3. The van der Waals surface area contributed by atoms with Gasteiger partial charge in [0.25, 0.3) is 5.91 Å². The molecule has 0 aliphatic rings. The van der Waals surface area contributed by atoms with Crippen molar-refractivity contribution in [3.8, 4) is 0 Å². The Morgan fingerprint density at radius 1 is 1.11 bits per heavy atom. The zero-order valence-corrected chi connectivity index (χ0v) is 12.3. The summed E-state index contributed by atoms with van der Waals surface area (Å²) in [5.74, 6) is 0.104. The lowest BCUT2D eigenvalue weighted by molar-refractivity contribution is 0.0745. The first kappa shape index (κ1) is 15.1. The van der Waals surface area contributed by atoms with Crippen LogP contribution in [0.4, 0.5) is 0 Å². The molecule has 1 amide bonds. The van der Waals surface area contributed by atoms with Gasteiger partial charge in [-0.15, -0.1) is 12.6 Å². The number of thiol groups is 1. The van der Waals surface area contributed by atoms with Crippen molar-refractivity contribution in [1.29, 1.82) is 0 Å². The zero-order chi connectivity index (χ0) is 13.5. The molecule has 0 bridgehead atoms. The third-order valence-corrected chi connectivity index (χ3v) is 3.01. The smallest absolute Gasteiger partial charge is 0.253 e. The summed E-state index contributed by atoms with van der Waals surface area (Å²) in [7, 11) is 4.04. The van der Waals surface area contributed by atoms with E-state index in [1.807, 2.05) is 43.3 Å². The molecule has 0 radical (unpaired) electrons. The van der Waals surface area contributed by atoms with Crippen molar-refractivity contribution in [1.82, 2.24) is 9.80 Å². The van der Waals surface area contributed by atoms with Crippen LogP contribution >= 0.6 is 12.6 Å². The van der Waals surface area contributed by atoms with Gasteiger partial charge in [0.05, 0.1) is 0 Å². The maximum absolute atomic E-state index is 12.3. The Bertz CT molecular complexity index is 376. The Balaban J connectivity index is 2.72. The number of hydrogen-bond donors (Lipinski definition) is 1. The van der Waals surface area contributed by atoms with Crippen molar-refractivity contribution in [2.45, 2.75) is 18.2 Å². The van der Waals surface area contributed by atoms with Crippen molar-refractivity contribution in [3.05, 3.63) is 29.8 Å². The van der Waals surface area contributed by atoms with Crippen molar-refractivity contribution < 1.29 is 4.79 Å². The van der Waals surface area contributed by atoms with Crippen LogP contribution < -0.4 is 0 Å². The van der Waals surface area contributed by atoms with Gasteiger partial charge in [-0.05, 0) is 44.8 Å². The molecule has 0 aliphatic carbocycles. The highest BCUT2D eigenvalue weighted by Crippen LogP contribution is 2.10. The number of likely N-dealkylation sites (N-methyl/N-ethyl adjacent to an activating group) is 1. The number of nitrogens with zero attached hydrogens (tertiary/aromatic N) is 2. The second-order valence-electron chi connectivity index (χ2n) is 4.64. The third-order valence-electron chi connectivity index (χ3n) is 2.71. The summed E-state index contributed by atoms with van der Waals surface area (Å²) in [5.41, 5.74) is 0.736. The van der Waals surface area contributed by atoms with E-state index in [-0.39, 0.29) is 5.91 Å². The molecule has 0 saturated carbocycles. The van der Waals surface area contributed by atoms with E-state index in [1.54, 1.807) is 0 Å². The average molecular weight is 266 g/mol. The van der Waals surface area contributed by atoms with Crippen molar-refractivity contribution in [2.75, 3.05) is 33.7 Å². The van der Waals surface area contributed by atoms with Crippen molar-refractivity contribution in [3.63, 3.8) is 0 Å². The second kappa shape index (κ2) is 7.44. The molecule has 0 saturated heterocycles. The molecule has 0 atom stereocenters. The van der Waals surface area contributed by atoms with Crippen LogP contribution in [0.5, 0.6) is 0 Å². The van der Waals surface area contributed by atoms with Crippen molar-refractivity contribution >= 4 is 18.5 Å². The van der Waals surface area contributed by atoms with E-state index in [0.29, 0.717) is 0 Å². The highest BCUT2D eigenvalue weighted by atomic mass is 32.1. The Morgan fingerprint density at radius 3 is 2.22 bits per heavy atom. The Hall–Kier alpha value is -1.00. The first-order valence-corrected chi connectivity index (χ1v) is 6.72. The van der Waals surface area contributed by atoms with Crippen LogP contribution in [0, 0.1) is 0 Å². The molecule has 0 unspecified atom stereocenters. The molecule has 4 heteroatoms. The lowest BCUT2D eigenvalue weighted by Gasteiger charge is -2.24. The second-order valence-corrected chi connectivity index (χ2v) is 5.16. The van der Waals surface area contributed by atoms with Crippen LogP contribution in [0.15, 0.2) is 29.2 Å². The third kappa shape index (κ3) is 4.70. The van der Waals surface area contributed by atoms with E-state index >= 15 is 0 Å². The topological polar surface area (TPSA) is 23.6 Å². The van der Waals surface area contributed by atoms with Gasteiger partial charge in [-0.25, -0.2) is 0 Å². The number of amides is 1. The minimum Gasteiger partial charge on any atom is -0.337 e. The first-order chi connectivity index (χ1) is 8.54. The van der Waals surface area contributed by atoms with Gasteiger partial charge < -0.3 is 9.80 Å². The molecule has 0 spiro atoms. The Kier molecular flexibility index (Phi) is 6.22. The molecule has 0 fully saturated rings. The molecule has 18 heavy (non-hydrogen) atoms. The summed E-state index contributed by atoms with van der Waals surface area (Å²) >= 11 is 4.23. The number of carbonyl (C=O) groups is 1. The van der Waals surface area contributed by atoms with Crippen LogP contribution in [-0.4, -0.2) is 49.4 Å². The van der Waals surface area contributed by atoms with Gasteiger partial charge in [-0.1, -0.05) is 6.92 Å². The predicted octanol–water partition coefficient (Wildman–Crippen LogP) is 2.39. The summed E-state index contributed by atoms with van der Waals surface area (Å²) in [6.45, 7) is 4.54. The van der Waals surface area contributed by atoms with Crippen LogP contribution in [-0.2, 0) is 0 Å². The number of rotatable bonds is 6. The van der Waals surface area contributed by atoms with Gasteiger partial charge >= 0.3 is 0 Å². The monoisotopic (exact) mass is 266 g/mol. The van der Waals surface area contributed by atoms with E-state index in [0.717, 1.165) is 36.5 Å². The molecule has 0 aliphatic heterocycles. The SMILES string of the molecule is CCCN(CCN(C)C)C(=O)c1ccc(S)cc1. The summed E-state index contributed by atoms with van der Waals surface area (Å²) in [5, 5.41) is 0. The van der Waals surface area contributed by atoms with Gasteiger partial charge in [0.2, 0.25) is 0 Å². The summed E-state index contributed by atoms with van der Waals surface area (Å²) in [6, 6.07) is 7.38. The molecular weight excluding hydrogens is 244 g/mol. The van der Waals surface area contributed by atoms with Crippen LogP contribution in [0.3, 0.4) is 0 Å². The molecule has 1 aromatic rings. The minimum absolute atomic E-state index is 0.104. The quantitative estimate of drug-likeness (QED) is 0.799. The van der Waals surface area contributed by atoms with Gasteiger partial charge in [0.15, 0.2) is 0 Å². The van der Waals surface area contributed by atoms with Crippen LogP contribution in [0.25, 0.3) is 0 Å². The van der Waals surface area contributed by atoms with E-state index in [1.165, 1.54) is 0 Å². The zero-order valence-electron chi connectivity index (χ0n) is 11.4. The fourth-order valence-corrected chi connectivity index (χ4v) is 1.84. The minimum atomic E-state index is 0.104. The Labute approximate surface area is 115 Å².